The Labute approximate surface area is 118 Å². The molecule has 6 heteroatoms. The van der Waals surface area contributed by atoms with Crippen LogP contribution in [0.25, 0.3) is 11.5 Å². The second kappa shape index (κ2) is 5.13. The Morgan fingerprint density at radius 1 is 1.20 bits per heavy atom. The van der Waals surface area contributed by atoms with Gasteiger partial charge in [0.2, 0.25) is 0 Å². The summed E-state index contributed by atoms with van der Waals surface area (Å²) in [6.45, 7) is 5.84. The van der Waals surface area contributed by atoms with E-state index in [0.717, 1.165) is 37.3 Å². The molecule has 0 amide bonds. The number of nitrogens with zero attached hydrogens (tertiary/aromatic N) is 4. The lowest BCUT2D eigenvalue weighted by atomic mass is 10.1. The Morgan fingerprint density at radius 2 is 1.95 bits per heavy atom. The zero-order valence-corrected chi connectivity index (χ0v) is 11.8. The van der Waals surface area contributed by atoms with E-state index in [1.54, 1.807) is 0 Å². The third-order valence-electron chi connectivity index (χ3n) is 3.72. The fourth-order valence-electron chi connectivity index (χ4n) is 2.43. The van der Waals surface area contributed by atoms with Gasteiger partial charge in [-0.2, -0.15) is 4.98 Å². The highest BCUT2D eigenvalue weighted by molar-refractivity contribution is 5.74. The van der Waals surface area contributed by atoms with Crippen LogP contribution < -0.4 is 10.6 Å². The van der Waals surface area contributed by atoms with Gasteiger partial charge in [-0.25, -0.2) is 0 Å². The normalized spacial score (nSPS) is 16.6. The summed E-state index contributed by atoms with van der Waals surface area (Å²) in [7, 11) is 2.12. The van der Waals surface area contributed by atoms with Crippen LogP contribution >= 0.6 is 0 Å². The Hall–Kier alpha value is -2.08. The first-order valence-electron chi connectivity index (χ1n) is 6.78. The van der Waals surface area contributed by atoms with Gasteiger partial charge in [0, 0.05) is 31.9 Å². The van der Waals surface area contributed by atoms with E-state index in [1.165, 1.54) is 0 Å². The van der Waals surface area contributed by atoms with Gasteiger partial charge in [0.15, 0.2) is 0 Å². The molecule has 1 aromatic heterocycles. The molecule has 0 atom stereocenters. The number of aromatic nitrogens is 2. The largest absolute Gasteiger partial charge is 0.398 e. The van der Waals surface area contributed by atoms with Crippen molar-refractivity contribution < 1.29 is 4.52 Å². The molecule has 1 aliphatic heterocycles. The summed E-state index contributed by atoms with van der Waals surface area (Å²) in [6, 6.07) is 5.76. The molecule has 0 bridgehead atoms. The van der Waals surface area contributed by atoms with Crippen LogP contribution in [-0.2, 0) is 0 Å². The van der Waals surface area contributed by atoms with Crippen molar-refractivity contribution in [2.24, 2.45) is 0 Å². The molecule has 0 spiro atoms. The van der Waals surface area contributed by atoms with Crippen molar-refractivity contribution >= 4 is 11.6 Å². The van der Waals surface area contributed by atoms with Crippen molar-refractivity contribution in [2.45, 2.75) is 6.92 Å². The highest BCUT2D eigenvalue weighted by atomic mass is 16.5. The number of aryl methyl sites for hydroxylation is 1. The van der Waals surface area contributed by atoms with Crippen LogP contribution in [0.2, 0.25) is 0 Å². The second-order valence-corrected chi connectivity index (χ2v) is 5.23. The molecule has 0 aliphatic carbocycles. The number of anilines is 2. The van der Waals surface area contributed by atoms with Gasteiger partial charge >= 0.3 is 0 Å². The average Bonchev–Trinajstić information content (AvgIpc) is 2.89. The topological polar surface area (TPSA) is 71.4 Å². The van der Waals surface area contributed by atoms with Crippen LogP contribution in [0.3, 0.4) is 0 Å². The molecular weight excluding hydrogens is 254 g/mol. The number of nitrogen functional groups attached to an aromatic ring is 1. The fraction of sp³-hybridized carbons (Fsp3) is 0.429. The summed E-state index contributed by atoms with van der Waals surface area (Å²) in [6.07, 6.45) is 0. The first-order valence-corrected chi connectivity index (χ1v) is 6.78. The van der Waals surface area contributed by atoms with Crippen LogP contribution in [0.4, 0.5) is 11.6 Å². The standard InChI is InChI=1S/C14H19N5O/c1-10-4-3-5-11(15)12(10)13-16-14(17-20-13)19-8-6-18(2)7-9-19/h3-5H,6-9,15H2,1-2H3. The number of rotatable bonds is 2. The van der Waals surface area contributed by atoms with E-state index in [-0.39, 0.29) is 0 Å². The summed E-state index contributed by atoms with van der Waals surface area (Å²) in [5.41, 5.74) is 8.55. The van der Waals surface area contributed by atoms with Gasteiger partial charge in [0.25, 0.3) is 11.8 Å². The summed E-state index contributed by atoms with van der Waals surface area (Å²) in [5.74, 6) is 1.14. The molecule has 1 aromatic carbocycles. The van der Waals surface area contributed by atoms with Crippen molar-refractivity contribution in [3.05, 3.63) is 23.8 Å². The number of likely N-dealkylation sites (N-methyl/N-ethyl adjacent to an activating group) is 1. The third-order valence-corrected chi connectivity index (χ3v) is 3.72. The Bertz CT molecular complexity index is 581. The Morgan fingerprint density at radius 3 is 2.65 bits per heavy atom. The van der Waals surface area contributed by atoms with E-state index in [4.69, 9.17) is 10.3 Å². The molecule has 6 nitrogen and oxygen atoms in total. The SMILES string of the molecule is Cc1cccc(N)c1-c1nc(N2CCN(C)CC2)no1. The molecule has 3 rings (SSSR count). The second-order valence-electron chi connectivity index (χ2n) is 5.23. The maximum atomic E-state index is 6.01. The molecule has 0 saturated carbocycles. The quantitative estimate of drug-likeness (QED) is 0.833. The smallest absolute Gasteiger partial charge is 0.266 e. The van der Waals surface area contributed by atoms with Crippen LogP contribution in [-0.4, -0.2) is 48.3 Å². The molecule has 1 aliphatic rings. The van der Waals surface area contributed by atoms with Gasteiger partial charge in [-0.15, -0.1) is 0 Å². The minimum Gasteiger partial charge on any atom is -0.398 e. The maximum absolute atomic E-state index is 6.01. The predicted octanol–water partition coefficient (Wildman–Crippen LogP) is 1.38. The molecular formula is C14H19N5O. The van der Waals surface area contributed by atoms with Gasteiger partial charge in [-0.3, -0.25) is 0 Å². The summed E-state index contributed by atoms with van der Waals surface area (Å²) >= 11 is 0. The van der Waals surface area contributed by atoms with E-state index in [2.05, 4.69) is 27.0 Å². The Balaban J connectivity index is 1.87. The number of hydrogen-bond donors (Lipinski definition) is 1. The lowest BCUT2D eigenvalue weighted by Crippen LogP contribution is -2.44. The number of nitrogens with two attached hydrogens (primary N) is 1. The Kier molecular flexibility index (Phi) is 3.31. The van der Waals surface area contributed by atoms with Crippen LogP contribution in [0, 0.1) is 6.92 Å². The summed E-state index contributed by atoms with van der Waals surface area (Å²) in [5, 5.41) is 4.09. The zero-order chi connectivity index (χ0) is 14.1. The number of piperazine rings is 1. The molecule has 0 radical (unpaired) electrons. The van der Waals surface area contributed by atoms with E-state index in [0.29, 0.717) is 17.5 Å². The summed E-state index contributed by atoms with van der Waals surface area (Å²) in [4.78, 5) is 8.93. The van der Waals surface area contributed by atoms with E-state index >= 15 is 0 Å². The highest BCUT2D eigenvalue weighted by Crippen LogP contribution is 2.29. The maximum Gasteiger partial charge on any atom is 0.266 e. The lowest BCUT2D eigenvalue weighted by Gasteiger charge is -2.31. The first-order chi connectivity index (χ1) is 9.65. The summed E-state index contributed by atoms with van der Waals surface area (Å²) < 4.78 is 5.40. The predicted molar refractivity (Wildman–Crippen MR) is 78.6 cm³/mol. The van der Waals surface area contributed by atoms with Gasteiger partial charge < -0.3 is 20.1 Å². The van der Waals surface area contributed by atoms with Gasteiger partial charge in [-0.1, -0.05) is 12.1 Å². The molecule has 1 fully saturated rings. The number of hydrogen-bond acceptors (Lipinski definition) is 6. The van der Waals surface area contributed by atoms with Crippen molar-refractivity contribution in [2.75, 3.05) is 43.9 Å². The minimum absolute atomic E-state index is 0.495. The van der Waals surface area contributed by atoms with Crippen molar-refractivity contribution in [1.82, 2.24) is 15.0 Å². The van der Waals surface area contributed by atoms with Crippen molar-refractivity contribution in [3.8, 4) is 11.5 Å². The van der Waals surface area contributed by atoms with Crippen LogP contribution in [0.1, 0.15) is 5.56 Å². The van der Waals surface area contributed by atoms with Crippen molar-refractivity contribution in [3.63, 3.8) is 0 Å². The lowest BCUT2D eigenvalue weighted by molar-refractivity contribution is 0.309. The zero-order valence-electron chi connectivity index (χ0n) is 11.8. The van der Waals surface area contributed by atoms with Gasteiger partial charge in [0.1, 0.15) is 0 Å². The van der Waals surface area contributed by atoms with Gasteiger partial charge in [0.05, 0.1) is 5.56 Å². The third kappa shape index (κ3) is 2.34. The minimum atomic E-state index is 0.495. The molecule has 106 valence electrons. The average molecular weight is 273 g/mol. The molecule has 20 heavy (non-hydrogen) atoms. The van der Waals surface area contributed by atoms with E-state index < -0.39 is 0 Å². The molecule has 2 aromatic rings. The van der Waals surface area contributed by atoms with Crippen LogP contribution in [0.5, 0.6) is 0 Å². The fourth-order valence-corrected chi connectivity index (χ4v) is 2.43. The van der Waals surface area contributed by atoms with Gasteiger partial charge in [-0.05, 0) is 30.8 Å². The van der Waals surface area contributed by atoms with Crippen LogP contribution in [0.15, 0.2) is 22.7 Å². The monoisotopic (exact) mass is 273 g/mol. The van der Waals surface area contributed by atoms with E-state index in [1.807, 2.05) is 25.1 Å². The highest BCUT2D eigenvalue weighted by Gasteiger charge is 2.20. The molecule has 1 saturated heterocycles. The number of benzene rings is 1. The van der Waals surface area contributed by atoms with Crippen molar-refractivity contribution in [1.29, 1.82) is 0 Å². The molecule has 2 N–H and O–H groups in total. The first kappa shape index (κ1) is 12.9. The van der Waals surface area contributed by atoms with E-state index in [9.17, 15) is 0 Å². The molecule has 2 heterocycles. The molecule has 0 unspecified atom stereocenters.